The van der Waals surface area contributed by atoms with Crippen molar-refractivity contribution in [1.82, 2.24) is 54.3 Å². The third-order valence-corrected chi connectivity index (χ3v) is 36.3. The SMILES string of the molecule is CC(C)CN1[C@@H]2CC[C@H]1CC(C(C)(C)C)C2.CC(C)N1[C@@H]2CC[C@H]1CC(C(C)(C)C)C2.CCCN1[C@@H]2CC[C@H]1CC(C(C)(C)C)C2.CCN1[C@@H]2CC[C@H]1CC(C(C)(C)C)C2.CN(C)C(=O)N1[C@@H]2CC[C@H]1CC(C(C)(C)C)C2.CN(C)CC(=O)N1[C@@H]2CC[C@H]1CC(C(C)(C)C)C2.CN1[C@@H]2CC[C@H]1CC(C(C)(C)C)C2.CNC(=O)N1[C@@H]2CC[C@H]1CC(C(C)(C)C)C2. The average molecular weight is 1730 g/mol. The van der Waals surface area contributed by atoms with Crippen LogP contribution in [0.1, 0.15) is 420 Å². The third-order valence-electron chi connectivity index (χ3n) is 36.3. The predicted molar refractivity (Wildman–Crippen MR) is 530 cm³/mol. The highest BCUT2D eigenvalue weighted by molar-refractivity contribution is 5.79. The van der Waals surface area contributed by atoms with Crippen LogP contribution < -0.4 is 5.32 Å². The number of amides is 5. The Morgan fingerprint density at radius 3 is 0.806 bits per heavy atom. The maximum Gasteiger partial charge on any atom is 0.319 e. The Hall–Kier alpha value is -2.23. The molecule has 0 aliphatic carbocycles. The number of fused-ring (bicyclic) bond motifs is 16. The summed E-state index contributed by atoms with van der Waals surface area (Å²) in [6, 6.07) is 13.2. The van der Waals surface area contributed by atoms with Gasteiger partial charge in [0, 0.05) is 130 Å². The Morgan fingerprint density at radius 1 is 0.323 bits per heavy atom. The van der Waals surface area contributed by atoms with E-state index in [-0.39, 0.29) is 12.1 Å². The highest BCUT2D eigenvalue weighted by Crippen LogP contribution is 2.54. The molecule has 0 aromatic carbocycles. The molecular weight excluding hydrogens is 1520 g/mol. The number of hydrogen-bond acceptors (Lipinski definition) is 9. The van der Waals surface area contributed by atoms with Gasteiger partial charge in [-0.15, -0.1) is 0 Å². The molecule has 0 radical (unpaired) electrons. The van der Waals surface area contributed by atoms with E-state index in [0.29, 0.717) is 92.0 Å². The quantitative estimate of drug-likeness (QED) is 0.255. The van der Waals surface area contributed by atoms with E-state index in [2.05, 4.69) is 259 Å². The first kappa shape index (κ1) is 105. The van der Waals surface area contributed by atoms with E-state index in [4.69, 9.17) is 0 Å². The summed E-state index contributed by atoms with van der Waals surface area (Å²) in [5.74, 6) is 8.26. The second kappa shape index (κ2) is 43.0. The van der Waals surface area contributed by atoms with E-state index in [1.165, 1.54) is 232 Å². The fraction of sp³-hybridized carbons (Fsp3) is 0.973. The molecule has 1 N–H and O–H groups in total. The van der Waals surface area contributed by atoms with Gasteiger partial charge in [-0.25, -0.2) is 9.59 Å². The van der Waals surface area contributed by atoms with Crippen LogP contribution in [-0.4, -0.2) is 238 Å². The fourth-order valence-electron chi connectivity index (χ4n) is 28.1. The summed E-state index contributed by atoms with van der Waals surface area (Å²) in [5.41, 5.74) is 3.78. The van der Waals surface area contributed by atoms with Gasteiger partial charge in [-0.2, -0.15) is 0 Å². The summed E-state index contributed by atoms with van der Waals surface area (Å²) in [4.78, 5) is 60.3. The van der Waals surface area contributed by atoms with Gasteiger partial charge in [-0.3, -0.25) is 24.4 Å². The molecule has 8 unspecified atom stereocenters. The zero-order valence-electron chi connectivity index (χ0n) is 88.9. The summed E-state index contributed by atoms with van der Waals surface area (Å²) in [6.07, 6.45) is 44.8. The molecule has 16 aliphatic rings. The molecule has 16 saturated heterocycles. The van der Waals surface area contributed by atoms with Crippen molar-refractivity contribution in [2.24, 2.45) is 96.6 Å². The molecule has 124 heavy (non-hydrogen) atoms. The van der Waals surface area contributed by atoms with Crippen LogP contribution in [0.5, 0.6) is 0 Å². The monoisotopic (exact) mass is 1730 g/mol. The smallest absolute Gasteiger partial charge is 0.319 e. The van der Waals surface area contributed by atoms with Crippen molar-refractivity contribution in [1.29, 1.82) is 0 Å². The number of rotatable bonds is 8. The molecular formula is C110H209N11O3. The lowest BCUT2D eigenvalue weighted by atomic mass is 9.73. The zero-order chi connectivity index (χ0) is 92.4. The van der Waals surface area contributed by atoms with Gasteiger partial charge in [0.05, 0.1) is 6.54 Å². The predicted octanol–water partition coefficient (Wildman–Crippen LogP) is 25.4. The summed E-state index contributed by atoms with van der Waals surface area (Å²) in [7, 11) is 11.7. The van der Waals surface area contributed by atoms with Crippen molar-refractivity contribution < 1.29 is 14.4 Å². The molecule has 16 heterocycles. The van der Waals surface area contributed by atoms with Gasteiger partial charge >= 0.3 is 12.1 Å². The van der Waals surface area contributed by atoms with Crippen LogP contribution in [0.25, 0.3) is 0 Å². The van der Waals surface area contributed by atoms with Crippen LogP contribution in [0, 0.1) is 96.6 Å². The maximum absolute atomic E-state index is 12.3. The summed E-state index contributed by atoms with van der Waals surface area (Å²) in [6.45, 7) is 75.8. The molecule has 14 nitrogen and oxygen atoms in total. The number of hydrogen-bond donors (Lipinski definition) is 1. The number of carbonyl (C=O) groups excluding carboxylic acids is 3. The van der Waals surface area contributed by atoms with E-state index in [0.717, 1.165) is 120 Å². The van der Waals surface area contributed by atoms with Crippen LogP contribution in [0.2, 0.25) is 0 Å². The summed E-state index contributed by atoms with van der Waals surface area (Å²) in [5, 5.41) is 2.78. The lowest BCUT2D eigenvalue weighted by molar-refractivity contribution is -0.137. The molecule has 14 heteroatoms. The van der Waals surface area contributed by atoms with Gasteiger partial charge in [0.15, 0.2) is 0 Å². The third kappa shape index (κ3) is 27.3. The van der Waals surface area contributed by atoms with Gasteiger partial charge in [0.2, 0.25) is 5.91 Å². The van der Waals surface area contributed by atoms with Crippen molar-refractivity contribution in [3.8, 4) is 0 Å². The topological polar surface area (TPSA) is 95.6 Å². The Labute approximate surface area is 769 Å². The van der Waals surface area contributed by atoms with Crippen LogP contribution in [0.15, 0.2) is 0 Å². The number of piperidine rings is 8. The number of likely N-dealkylation sites (N-methyl/N-ethyl adjacent to an activating group) is 1. The lowest BCUT2D eigenvalue weighted by Gasteiger charge is -2.45. The molecule has 0 saturated carbocycles. The lowest BCUT2D eigenvalue weighted by Crippen LogP contribution is -2.51. The van der Waals surface area contributed by atoms with Crippen LogP contribution in [0.4, 0.5) is 9.59 Å². The Balaban J connectivity index is 0.000000161. The molecule has 0 spiro atoms. The molecule has 0 aromatic heterocycles. The van der Waals surface area contributed by atoms with Crippen molar-refractivity contribution in [2.45, 2.75) is 522 Å². The molecule has 16 rings (SSSR count). The van der Waals surface area contributed by atoms with Crippen LogP contribution in [0.3, 0.4) is 0 Å². The molecule has 16 aliphatic heterocycles. The second-order valence-electron chi connectivity index (χ2n) is 54.3. The van der Waals surface area contributed by atoms with E-state index < -0.39 is 0 Å². The molecule has 5 amide bonds. The minimum absolute atomic E-state index is 0.125. The van der Waals surface area contributed by atoms with E-state index in [9.17, 15) is 14.4 Å². The minimum Gasteiger partial charge on any atom is -0.341 e. The number of urea groups is 2. The summed E-state index contributed by atoms with van der Waals surface area (Å²) < 4.78 is 0. The first-order valence-electron chi connectivity index (χ1n) is 53.0. The Morgan fingerprint density at radius 2 is 0.556 bits per heavy atom. The molecule has 0 aromatic rings. The van der Waals surface area contributed by atoms with Crippen LogP contribution in [-0.2, 0) is 4.79 Å². The molecule has 16 bridgehead atoms. The van der Waals surface area contributed by atoms with Crippen molar-refractivity contribution >= 4 is 18.0 Å². The van der Waals surface area contributed by atoms with Crippen molar-refractivity contribution in [3.63, 3.8) is 0 Å². The maximum atomic E-state index is 12.3. The highest BCUT2D eigenvalue weighted by Gasteiger charge is 2.53. The van der Waals surface area contributed by atoms with Crippen LogP contribution >= 0.6 is 0 Å². The number of nitrogens with one attached hydrogen (secondary N) is 1. The second-order valence-corrected chi connectivity index (χ2v) is 54.3. The van der Waals surface area contributed by atoms with Gasteiger partial charge in [-0.1, -0.05) is 194 Å². The first-order chi connectivity index (χ1) is 57.3. The van der Waals surface area contributed by atoms with Gasteiger partial charge < -0.3 is 34.7 Å². The van der Waals surface area contributed by atoms with Crippen molar-refractivity contribution in [2.75, 3.05) is 68.5 Å². The van der Waals surface area contributed by atoms with Gasteiger partial charge in [0.25, 0.3) is 0 Å². The molecule has 16 fully saturated rings. The molecule has 722 valence electrons. The Kier molecular flexibility index (Phi) is 36.6. The van der Waals surface area contributed by atoms with E-state index in [1.807, 2.05) is 33.1 Å². The van der Waals surface area contributed by atoms with E-state index >= 15 is 0 Å². The normalized spacial score (nSPS) is 35.9. The van der Waals surface area contributed by atoms with Crippen molar-refractivity contribution in [3.05, 3.63) is 0 Å². The first-order valence-corrected chi connectivity index (χ1v) is 53.0. The minimum atomic E-state index is 0.125. The van der Waals surface area contributed by atoms with E-state index in [1.54, 1.807) is 11.9 Å². The highest BCUT2D eigenvalue weighted by atomic mass is 16.2. The largest absolute Gasteiger partial charge is 0.341 e. The van der Waals surface area contributed by atoms with Gasteiger partial charge in [-0.05, 0) is 357 Å². The van der Waals surface area contributed by atoms with Gasteiger partial charge in [0.1, 0.15) is 0 Å². The summed E-state index contributed by atoms with van der Waals surface area (Å²) >= 11 is 0. The molecule has 24 atom stereocenters. The Bertz CT molecular complexity index is 3140. The fourth-order valence-corrected chi connectivity index (χ4v) is 28.1. The average Bonchev–Trinajstić information content (AvgIpc) is 1.63. The standard InChI is InChI=1S/C15H28N2O.C15H29N.C14H26N2O.2C14H27N.C13H24N2O.C13H25N.C12H23N/c1-15(2,3)11-8-12-6-7-13(9-11)17(12)14(18)10-16(4)5;1-11(2)10-16-13-6-7-14(16)9-12(8-13)15(3,4)5;1-14(2,3)10-8-11-6-7-12(9-10)16(11)13(17)15(4)5;1-10(2)15-12-6-7-13(15)9-11(8-12)14(3,4)5;1-5-8-15-12-6-7-13(15)10-11(9-12)14(2,3)4;1-13(2,3)9-7-10-5-6-11(8-9)15(10)12(16)14-4;1-5-14-11-6-7-12(14)9-10(8-11)13(2,3)4;1-12(2,3)9-7-10-5-6-11(8-9)13(10)4/h11-13H,6-10H2,1-5H3;11-14H,6-10H2,1-5H3;10-12H,6-9H2,1-5H3;10-13H,6-9H2,1-5H3;11-13H,5-10H2,1-4H3;9-11H,5-8H2,1-4H3,(H,14,16);10-12H,5-9H2,1-4H3;9-11H,5-8H2,1-4H3/t11?,12-,13+;12?,13-,14+;10?,11-,12+;2*11?,12-,13+;9?,10-,11+;10?,11-,12+;9?,10-,11+. The number of carbonyl (C=O) groups is 3. The zero-order valence-corrected chi connectivity index (χ0v) is 88.9. The number of nitrogens with zero attached hydrogens (tertiary/aromatic N) is 10.